The topological polar surface area (TPSA) is 93.1 Å². The Morgan fingerprint density at radius 1 is 0.795 bits per heavy atom. The molecule has 0 aliphatic rings. The van der Waals surface area contributed by atoms with Gasteiger partial charge >= 0.3 is 5.97 Å². The highest BCUT2D eigenvalue weighted by atomic mass is 16.7. The Morgan fingerprint density at radius 3 is 1.98 bits per heavy atom. The van der Waals surface area contributed by atoms with E-state index >= 15 is 0 Å². The van der Waals surface area contributed by atoms with Gasteiger partial charge in [-0.3, -0.25) is 9.59 Å². The number of carbonyl (C=O) groups is 3. The van der Waals surface area contributed by atoms with Crippen LogP contribution in [0, 0.1) is 0 Å². The number of hydrogen-bond acceptors (Lipinski definition) is 6. The van der Waals surface area contributed by atoms with E-state index in [1.54, 1.807) is 18.2 Å². The molecule has 7 heteroatoms. The maximum absolute atomic E-state index is 12.8. The molecule has 1 aromatic carbocycles. The van der Waals surface area contributed by atoms with Crippen LogP contribution in [0.3, 0.4) is 0 Å². The third-order valence-corrected chi connectivity index (χ3v) is 6.47. The number of methoxy groups -OCH3 is 1. The number of hydrogen-bond donors (Lipinski definition) is 1. The molecular formula is C37H49NO6. The molecule has 1 aromatic rings. The largest absolute Gasteiger partial charge is 0.504 e. The third-order valence-electron chi connectivity index (χ3n) is 6.47. The van der Waals surface area contributed by atoms with Crippen molar-refractivity contribution in [1.82, 2.24) is 5.06 Å². The van der Waals surface area contributed by atoms with Crippen LogP contribution in [0.1, 0.15) is 90.0 Å². The van der Waals surface area contributed by atoms with Gasteiger partial charge in [-0.2, -0.15) is 0 Å². The number of unbranched alkanes of at least 4 members (excludes halogenated alkanes) is 8. The predicted octanol–water partition coefficient (Wildman–Crippen LogP) is 8.90. The normalized spacial score (nSPS) is 12.0. The molecule has 0 spiro atoms. The highest BCUT2D eigenvalue weighted by molar-refractivity contribution is 6.16. The second-order valence-electron chi connectivity index (χ2n) is 10.1. The maximum Gasteiger partial charge on any atom is 0.363 e. The van der Waals surface area contributed by atoms with Gasteiger partial charge in [-0.1, -0.05) is 143 Å². The fourth-order valence-corrected chi connectivity index (χ4v) is 3.88. The minimum atomic E-state index is -0.979. The van der Waals surface area contributed by atoms with Crippen LogP contribution in [0.25, 0.3) is 5.57 Å². The first-order chi connectivity index (χ1) is 21.3. The number of benzene rings is 1. The summed E-state index contributed by atoms with van der Waals surface area (Å²) < 4.78 is 5.06. The zero-order valence-corrected chi connectivity index (χ0v) is 26.6. The number of carbonyl (C=O) groups excluding carboxylic acids is 3. The fourth-order valence-electron chi connectivity index (χ4n) is 3.88. The van der Waals surface area contributed by atoms with Crippen LogP contribution in [0.4, 0.5) is 0 Å². The average molecular weight is 604 g/mol. The fraction of sp³-hybridized carbons (Fsp3) is 0.378. The highest BCUT2D eigenvalue weighted by Crippen LogP contribution is 2.29. The lowest BCUT2D eigenvalue weighted by Crippen LogP contribution is -2.38. The molecule has 1 rings (SSSR count). The van der Waals surface area contributed by atoms with Crippen LogP contribution in [-0.2, 0) is 19.2 Å². The molecule has 0 aliphatic heterocycles. The Labute approximate surface area is 263 Å². The average Bonchev–Trinajstić information content (AvgIpc) is 3.03. The first-order valence-corrected chi connectivity index (χ1v) is 15.5. The molecule has 0 bridgehead atoms. The number of aromatic hydroxyl groups is 1. The number of rotatable bonds is 20. The van der Waals surface area contributed by atoms with Crippen LogP contribution in [0.2, 0.25) is 0 Å². The van der Waals surface area contributed by atoms with E-state index in [2.05, 4.69) is 25.7 Å². The zero-order chi connectivity index (χ0) is 32.4. The van der Waals surface area contributed by atoms with E-state index < -0.39 is 17.8 Å². The summed E-state index contributed by atoms with van der Waals surface area (Å²) in [6.45, 7) is 7.86. The van der Waals surface area contributed by atoms with Crippen LogP contribution in [-0.4, -0.2) is 35.1 Å². The van der Waals surface area contributed by atoms with E-state index in [1.807, 2.05) is 37.3 Å². The van der Waals surface area contributed by atoms with Gasteiger partial charge in [0.25, 0.3) is 11.8 Å². The van der Waals surface area contributed by atoms with Crippen LogP contribution >= 0.6 is 0 Å². The molecule has 1 N–H and O–H groups in total. The molecule has 0 atom stereocenters. The molecule has 0 radical (unpaired) electrons. The van der Waals surface area contributed by atoms with E-state index in [0.29, 0.717) is 17.0 Å². The zero-order valence-electron chi connectivity index (χ0n) is 26.6. The number of phenolic OH excluding ortho intramolecular Hbond substituents is 1. The van der Waals surface area contributed by atoms with E-state index in [1.165, 1.54) is 76.3 Å². The molecule has 238 valence electrons. The van der Waals surface area contributed by atoms with E-state index in [9.17, 15) is 19.5 Å². The number of amides is 2. The summed E-state index contributed by atoms with van der Waals surface area (Å²) in [6.07, 6.45) is 33.3. The van der Waals surface area contributed by atoms with Crippen molar-refractivity contribution in [3.8, 4) is 11.5 Å². The van der Waals surface area contributed by atoms with Crippen molar-refractivity contribution in [2.45, 2.75) is 84.5 Å². The molecular weight excluding hydrogens is 554 g/mol. The summed E-state index contributed by atoms with van der Waals surface area (Å²) >= 11 is 0. The van der Waals surface area contributed by atoms with Crippen LogP contribution in [0.5, 0.6) is 11.5 Å². The van der Waals surface area contributed by atoms with Gasteiger partial charge in [0, 0.05) is 12.5 Å². The van der Waals surface area contributed by atoms with Gasteiger partial charge in [0.05, 0.1) is 12.7 Å². The molecule has 7 nitrogen and oxygen atoms in total. The summed E-state index contributed by atoms with van der Waals surface area (Å²) in [5.74, 6) is -2.38. The molecule has 0 aromatic heterocycles. The summed E-state index contributed by atoms with van der Waals surface area (Å²) in [4.78, 5) is 43.3. The molecule has 2 amide bonds. The standard InChI is InChI=1S/C37H49NO6/c1-5-7-9-10-11-12-13-14-15-16-17-18-19-20-21-22-23-24-25-27-36(41)38(35(40)26-8-6-2)44-37(42)31(3)32-28-29-33(39)34(30-32)43-4/h15-25,27-30,39H,3,5-14,26H2,1-2,4H3. The van der Waals surface area contributed by atoms with Crippen molar-refractivity contribution in [3.63, 3.8) is 0 Å². The van der Waals surface area contributed by atoms with Gasteiger partial charge in [0.2, 0.25) is 0 Å². The second-order valence-corrected chi connectivity index (χ2v) is 10.1. The van der Waals surface area contributed by atoms with Crippen molar-refractivity contribution in [2.24, 2.45) is 0 Å². The Morgan fingerprint density at radius 2 is 1.36 bits per heavy atom. The van der Waals surface area contributed by atoms with Gasteiger partial charge in [-0.05, 0) is 37.0 Å². The number of ether oxygens (including phenoxy) is 1. The van der Waals surface area contributed by atoms with Gasteiger partial charge < -0.3 is 14.7 Å². The highest BCUT2D eigenvalue weighted by Gasteiger charge is 2.26. The van der Waals surface area contributed by atoms with Gasteiger partial charge in [-0.25, -0.2) is 4.79 Å². The lowest BCUT2D eigenvalue weighted by Gasteiger charge is -2.18. The quantitative estimate of drug-likeness (QED) is 0.0692. The first-order valence-electron chi connectivity index (χ1n) is 15.5. The van der Waals surface area contributed by atoms with Crippen molar-refractivity contribution in [2.75, 3.05) is 7.11 Å². The maximum atomic E-state index is 12.8. The first kappa shape index (κ1) is 37.6. The Hall–Kier alpha value is -4.39. The summed E-state index contributed by atoms with van der Waals surface area (Å²) in [5, 5.41) is 10.2. The van der Waals surface area contributed by atoms with Crippen LogP contribution < -0.4 is 4.74 Å². The number of nitrogens with zero attached hydrogens (tertiary/aromatic N) is 1. The second kappa shape index (κ2) is 24.1. The van der Waals surface area contributed by atoms with Gasteiger partial charge in [0.15, 0.2) is 11.5 Å². The predicted molar refractivity (Wildman–Crippen MR) is 179 cm³/mol. The molecule has 0 saturated heterocycles. The van der Waals surface area contributed by atoms with E-state index in [0.717, 1.165) is 18.9 Å². The SMILES string of the molecule is C=C(C(=O)ON(C(=O)C=CC=CC=CC=CC=CC=CCCCCCCCCC)C(=O)CCCC)c1ccc(O)c(OC)c1. The Bertz CT molecular complexity index is 1220. The van der Waals surface area contributed by atoms with Crippen molar-refractivity contribution < 1.29 is 29.1 Å². The minimum absolute atomic E-state index is 0.0389. The lowest BCUT2D eigenvalue weighted by atomic mass is 10.1. The summed E-state index contributed by atoms with van der Waals surface area (Å²) in [5.41, 5.74) is 0.198. The molecule has 0 aliphatic carbocycles. The molecule has 0 heterocycles. The van der Waals surface area contributed by atoms with Crippen molar-refractivity contribution in [1.29, 1.82) is 0 Å². The van der Waals surface area contributed by atoms with Gasteiger partial charge in [-0.15, -0.1) is 0 Å². The molecule has 0 unspecified atom stereocenters. The molecule has 0 saturated carbocycles. The Balaban J connectivity index is 2.58. The van der Waals surface area contributed by atoms with Gasteiger partial charge in [0.1, 0.15) is 0 Å². The monoisotopic (exact) mass is 603 g/mol. The molecule has 0 fully saturated rings. The van der Waals surface area contributed by atoms with Crippen LogP contribution in [0.15, 0.2) is 97.7 Å². The lowest BCUT2D eigenvalue weighted by molar-refractivity contribution is -0.196. The minimum Gasteiger partial charge on any atom is -0.504 e. The summed E-state index contributed by atoms with van der Waals surface area (Å²) in [7, 11) is 1.37. The smallest absolute Gasteiger partial charge is 0.363 e. The number of hydroxylamine groups is 2. The number of imide groups is 1. The van der Waals surface area contributed by atoms with E-state index in [-0.39, 0.29) is 23.5 Å². The van der Waals surface area contributed by atoms with Crippen molar-refractivity contribution >= 4 is 23.4 Å². The third kappa shape index (κ3) is 16.3. The van der Waals surface area contributed by atoms with E-state index in [4.69, 9.17) is 9.57 Å². The molecule has 44 heavy (non-hydrogen) atoms. The Kier molecular flexibility index (Phi) is 20.6. The number of allylic oxidation sites excluding steroid dienone is 11. The number of phenols is 1. The summed E-state index contributed by atoms with van der Waals surface area (Å²) in [6, 6.07) is 4.20. The van der Waals surface area contributed by atoms with Crippen molar-refractivity contribution in [3.05, 3.63) is 103 Å².